The number of hydrogen-bond donors (Lipinski definition) is 2. The molecule has 0 aliphatic heterocycles. The Morgan fingerprint density at radius 1 is 1.47 bits per heavy atom. The first-order valence-electron chi connectivity index (χ1n) is 5.27. The molecule has 0 saturated carbocycles. The van der Waals surface area contributed by atoms with E-state index in [2.05, 4.69) is 15.3 Å². The molecule has 0 aliphatic rings. The number of aromatic nitrogens is 2. The lowest BCUT2D eigenvalue weighted by Gasteiger charge is -2.03. The molecule has 2 aromatic rings. The molecule has 0 amide bonds. The van der Waals surface area contributed by atoms with Crippen LogP contribution in [0, 0.1) is 5.82 Å². The molecule has 0 atom stereocenters. The van der Waals surface area contributed by atoms with E-state index in [4.69, 9.17) is 4.74 Å². The van der Waals surface area contributed by atoms with Crippen LogP contribution in [0.1, 0.15) is 5.82 Å². The predicted octanol–water partition coefficient (Wildman–Crippen LogP) is 1.94. The Balaban J connectivity index is 2.29. The zero-order chi connectivity index (χ0) is 12.3. The number of halogens is 1. The first-order chi connectivity index (χ1) is 8.24. The zero-order valence-electron chi connectivity index (χ0n) is 9.75. The molecular formula is C12H14FN3O. The van der Waals surface area contributed by atoms with Gasteiger partial charge in [-0.25, -0.2) is 9.37 Å². The van der Waals surface area contributed by atoms with E-state index < -0.39 is 0 Å². The number of nitrogens with zero attached hydrogens (tertiary/aromatic N) is 1. The van der Waals surface area contributed by atoms with E-state index in [-0.39, 0.29) is 11.6 Å². The predicted molar refractivity (Wildman–Crippen MR) is 63.3 cm³/mol. The summed E-state index contributed by atoms with van der Waals surface area (Å²) in [6, 6.07) is 4.82. The Hall–Kier alpha value is -1.88. The molecule has 0 saturated heterocycles. The summed E-state index contributed by atoms with van der Waals surface area (Å²) in [6.45, 7) is 0.651. The molecule has 0 aliphatic carbocycles. The van der Waals surface area contributed by atoms with Crippen LogP contribution in [-0.2, 0) is 6.54 Å². The van der Waals surface area contributed by atoms with E-state index in [0.717, 1.165) is 17.1 Å². The maximum atomic E-state index is 13.5. The Morgan fingerprint density at radius 2 is 2.29 bits per heavy atom. The number of ether oxygens (including phenoxy) is 1. The van der Waals surface area contributed by atoms with Gasteiger partial charge in [-0.3, -0.25) is 0 Å². The van der Waals surface area contributed by atoms with Crippen LogP contribution in [0.4, 0.5) is 4.39 Å². The third-order valence-electron chi connectivity index (χ3n) is 2.44. The average molecular weight is 235 g/mol. The number of nitrogens with one attached hydrogen (secondary N) is 2. The van der Waals surface area contributed by atoms with E-state index in [0.29, 0.717) is 6.54 Å². The second kappa shape index (κ2) is 4.97. The number of rotatable bonds is 4. The molecule has 0 spiro atoms. The van der Waals surface area contributed by atoms with Gasteiger partial charge in [-0.2, -0.15) is 0 Å². The highest BCUT2D eigenvalue weighted by molar-refractivity contribution is 5.59. The maximum absolute atomic E-state index is 13.5. The molecular weight excluding hydrogens is 221 g/mol. The SMILES string of the molecule is CNCc1ncc(-c2ccc(OC)c(F)c2)[nH]1. The van der Waals surface area contributed by atoms with Gasteiger partial charge in [0.15, 0.2) is 11.6 Å². The summed E-state index contributed by atoms with van der Waals surface area (Å²) in [5, 5.41) is 2.99. The van der Waals surface area contributed by atoms with Gasteiger partial charge in [0.2, 0.25) is 0 Å². The Kier molecular flexibility index (Phi) is 3.39. The number of methoxy groups -OCH3 is 1. The van der Waals surface area contributed by atoms with Crippen molar-refractivity contribution in [3.05, 3.63) is 36.0 Å². The first kappa shape index (κ1) is 11.6. The highest BCUT2D eigenvalue weighted by Gasteiger charge is 2.07. The van der Waals surface area contributed by atoms with Crippen molar-refractivity contribution in [3.63, 3.8) is 0 Å². The second-order valence-corrected chi connectivity index (χ2v) is 3.62. The van der Waals surface area contributed by atoms with Crippen molar-refractivity contribution < 1.29 is 9.13 Å². The fourth-order valence-electron chi connectivity index (χ4n) is 1.60. The smallest absolute Gasteiger partial charge is 0.165 e. The third-order valence-corrected chi connectivity index (χ3v) is 2.44. The molecule has 1 aromatic heterocycles. The normalized spacial score (nSPS) is 10.5. The molecule has 2 rings (SSSR count). The van der Waals surface area contributed by atoms with Crippen molar-refractivity contribution in [2.45, 2.75) is 6.54 Å². The summed E-state index contributed by atoms with van der Waals surface area (Å²) in [5.41, 5.74) is 1.54. The summed E-state index contributed by atoms with van der Waals surface area (Å²) < 4.78 is 18.4. The average Bonchev–Trinajstić information content (AvgIpc) is 2.78. The van der Waals surface area contributed by atoms with Crippen LogP contribution < -0.4 is 10.1 Å². The van der Waals surface area contributed by atoms with Crippen molar-refractivity contribution in [1.82, 2.24) is 15.3 Å². The Bertz CT molecular complexity index is 510. The Morgan fingerprint density at radius 3 is 2.94 bits per heavy atom. The van der Waals surface area contributed by atoms with Gasteiger partial charge in [-0.1, -0.05) is 0 Å². The molecule has 0 fully saturated rings. The summed E-state index contributed by atoms with van der Waals surface area (Å²) >= 11 is 0. The molecule has 0 unspecified atom stereocenters. The molecule has 0 bridgehead atoms. The fourth-order valence-corrected chi connectivity index (χ4v) is 1.60. The standard InChI is InChI=1S/C12H14FN3O/c1-14-7-12-15-6-10(16-12)8-3-4-11(17-2)9(13)5-8/h3-6,14H,7H2,1-2H3,(H,15,16). The molecule has 4 nitrogen and oxygen atoms in total. The van der Waals surface area contributed by atoms with E-state index in [1.165, 1.54) is 13.2 Å². The van der Waals surface area contributed by atoms with Gasteiger partial charge in [-0.05, 0) is 25.2 Å². The third kappa shape index (κ3) is 2.45. The van der Waals surface area contributed by atoms with Crippen molar-refractivity contribution in [3.8, 4) is 17.0 Å². The molecule has 2 N–H and O–H groups in total. The van der Waals surface area contributed by atoms with Gasteiger partial charge in [0.1, 0.15) is 5.82 Å². The van der Waals surface area contributed by atoms with Gasteiger partial charge in [0.05, 0.1) is 25.5 Å². The quantitative estimate of drug-likeness (QED) is 0.851. The molecule has 1 heterocycles. The molecule has 90 valence electrons. The summed E-state index contributed by atoms with van der Waals surface area (Å²) in [7, 11) is 3.29. The van der Waals surface area contributed by atoms with Crippen LogP contribution >= 0.6 is 0 Å². The van der Waals surface area contributed by atoms with Crippen LogP contribution in [0.5, 0.6) is 5.75 Å². The van der Waals surface area contributed by atoms with Crippen molar-refractivity contribution in [1.29, 1.82) is 0 Å². The van der Waals surface area contributed by atoms with Gasteiger partial charge < -0.3 is 15.0 Å². The highest BCUT2D eigenvalue weighted by atomic mass is 19.1. The number of aromatic amines is 1. The van der Waals surface area contributed by atoms with Crippen LogP contribution in [-0.4, -0.2) is 24.1 Å². The van der Waals surface area contributed by atoms with Gasteiger partial charge in [-0.15, -0.1) is 0 Å². The minimum Gasteiger partial charge on any atom is -0.494 e. The van der Waals surface area contributed by atoms with Crippen LogP contribution in [0.2, 0.25) is 0 Å². The molecule has 5 heteroatoms. The highest BCUT2D eigenvalue weighted by Crippen LogP contribution is 2.24. The number of hydrogen-bond acceptors (Lipinski definition) is 3. The molecule has 0 radical (unpaired) electrons. The monoisotopic (exact) mass is 235 g/mol. The van der Waals surface area contributed by atoms with E-state index >= 15 is 0 Å². The lowest BCUT2D eigenvalue weighted by molar-refractivity contribution is 0.386. The first-order valence-corrected chi connectivity index (χ1v) is 5.27. The number of benzene rings is 1. The summed E-state index contributed by atoms with van der Waals surface area (Å²) in [5.74, 6) is 0.678. The van der Waals surface area contributed by atoms with Crippen LogP contribution in [0.15, 0.2) is 24.4 Å². The van der Waals surface area contributed by atoms with Crippen LogP contribution in [0.25, 0.3) is 11.3 Å². The van der Waals surface area contributed by atoms with E-state index in [9.17, 15) is 4.39 Å². The van der Waals surface area contributed by atoms with Gasteiger partial charge >= 0.3 is 0 Å². The topological polar surface area (TPSA) is 49.9 Å². The second-order valence-electron chi connectivity index (χ2n) is 3.62. The number of imidazole rings is 1. The van der Waals surface area contributed by atoms with Crippen molar-refractivity contribution in [2.75, 3.05) is 14.2 Å². The lowest BCUT2D eigenvalue weighted by atomic mass is 10.1. The van der Waals surface area contributed by atoms with Gasteiger partial charge in [0, 0.05) is 5.56 Å². The summed E-state index contributed by atoms with van der Waals surface area (Å²) in [6.07, 6.45) is 1.69. The molecule has 1 aromatic carbocycles. The zero-order valence-corrected chi connectivity index (χ0v) is 9.75. The van der Waals surface area contributed by atoms with Crippen molar-refractivity contribution in [2.24, 2.45) is 0 Å². The van der Waals surface area contributed by atoms with Gasteiger partial charge in [0.25, 0.3) is 0 Å². The van der Waals surface area contributed by atoms with Crippen LogP contribution in [0.3, 0.4) is 0 Å². The van der Waals surface area contributed by atoms with E-state index in [1.807, 2.05) is 7.05 Å². The number of H-pyrrole nitrogens is 1. The largest absolute Gasteiger partial charge is 0.494 e. The summed E-state index contributed by atoms with van der Waals surface area (Å²) in [4.78, 5) is 7.30. The lowest BCUT2D eigenvalue weighted by Crippen LogP contribution is -2.06. The minimum absolute atomic E-state index is 0.240. The van der Waals surface area contributed by atoms with Crippen molar-refractivity contribution >= 4 is 0 Å². The minimum atomic E-state index is -0.380. The fraction of sp³-hybridized carbons (Fsp3) is 0.250. The maximum Gasteiger partial charge on any atom is 0.165 e. The van der Waals surface area contributed by atoms with E-state index in [1.54, 1.807) is 18.3 Å². The Labute approximate surface area is 98.8 Å². The molecule has 17 heavy (non-hydrogen) atoms.